The highest BCUT2D eigenvalue weighted by Gasteiger charge is 2.18. The van der Waals surface area contributed by atoms with Crippen molar-refractivity contribution in [3.63, 3.8) is 0 Å². The number of nitrogen functional groups attached to an aromatic ring is 1. The number of esters is 1. The topological polar surface area (TPSA) is 89.3 Å². The van der Waals surface area contributed by atoms with Crippen molar-refractivity contribution in [2.24, 2.45) is 5.84 Å². The Morgan fingerprint density at radius 3 is 2.67 bits per heavy atom. The molecule has 0 radical (unpaired) electrons. The van der Waals surface area contributed by atoms with Crippen molar-refractivity contribution >= 4 is 17.6 Å². The van der Waals surface area contributed by atoms with Gasteiger partial charge < -0.3 is 15.5 Å². The molecule has 18 heavy (non-hydrogen) atoms. The average Bonchev–Trinajstić information content (AvgIpc) is 2.32. The Labute approximate surface area is 102 Å². The van der Waals surface area contributed by atoms with Gasteiger partial charge in [-0.1, -0.05) is 0 Å². The highest BCUT2D eigenvalue weighted by molar-refractivity contribution is 5.78. The van der Waals surface area contributed by atoms with Crippen LogP contribution in [0.3, 0.4) is 0 Å². The number of carbonyl (C=O) groups is 1. The van der Waals surface area contributed by atoms with E-state index in [1.807, 2.05) is 5.43 Å². The summed E-state index contributed by atoms with van der Waals surface area (Å²) in [7, 11) is 0. The number of anilines is 2. The Morgan fingerprint density at radius 2 is 2.11 bits per heavy atom. The molecule has 1 aromatic heterocycles. The predicted molar refractivity (Wildman–Crippen MR) is 61.7 cm³/mol. The first-order valence-corrected chi connectivity index (χ1v) is 5.25. The lowest BCUT2D eigenvalue weighted by atomic mass is 10.3. The van der Waals surface area contributed by atoms with Crippen LogP contribution in [0.4, 0.5) is 20.4 Å². The molecular weight excluding hydrogens is 246 g/mol. The van der Waals surface area contributed by atoms with E-state index in [4.69, 9.17) is 10.6 Å². The van der Waals surface area contributed by atoms with Crippen molar-refractivity contribution in [1.29, 1.82) is 0 Å². The summed E-state index contributed by atoms with van der Waals surface area (Å²) in [5, 5.41) is 2.47. The molecular formula is C10H14F2N4O2. The first-order valence-electron chi connectivity index (χ1n) is 5.25. The Morgan fingerprint density at radius 1 is 1.50 bits per heavy atom. The molecule has 6 nitrogen and oxygen atoms in total. The molecule has 1 heterocycles. The Kier molecular flexibility index (Phi) is 4.78. The lowest BCUT2D eigenvalue weighted by molar-refractivity contribution is -0.143. The van der Waals surface area contributed by atoms with E-state index in [1.54, 1.807) is 6.92 Å². The molecule has 4 N–H and O–H groups in total. The van der Waals surface area contributed by atoms with Gasteiger partial charge in [-0.05, 0) is 13.8 Å². The van der Waals surface area contributed by atoms with Gasteiger partial charge in [-0.25, -0.2) is 24.4 Å². The monoisotopic (exact) mass is 260 g/mol. The first-order chi connectivity index (χ1) is 8.49. The second kappa shape index (κ2) is 6.10. The molecule has 1 rings (SSSR count). The van der Waals surface area contributed by atoms with Gasteiger partial charge in [0.2, 0.25) is 0 Å². The summed E-state index contributed by atoms with van der Waals surface area (Å²) in [5.41, 5.74) is 1.98. The van der Waals surface area contributed by atoms with Gasteiger partial charge in [-0.2, -0.15) is 0 Å². The normalized spacial score (nSPS) is 11.8. The third kappa shape index (κ3) is 3.27. The standard InChI is InChI=1S/C10H14F2N4O2/c1-3-18-10(17)5(2)14-8-6(11)4-7(12)9(15-8)16-13/h4-5H,3,13H2,1-2H3,(H2,14,15,16). The summed E-state index contributed by atoms with van der Waals surface area (Å²) in [6.07, 6.45) is 0. The number of nitrogens with one attached hydrogen (secondary N) is 2. The van der Waals surface area contributed by atoms with Crippen LogP contribution in [0.1, 0.15) is 13.8 Å². The number of aromatic nitrogens is 1. The highest BCUT2D eigenvalue weighted by atomic mass is 19.1. The van der Waals surface area contributed by atoms with E-state index in [1.165, 1.54) is 6.92 Å². The molecule has 1 aromatic rings. The van der Waals surface area contributed by atoms with Crippen LogP contribution in [0, 0.1) is 11.6 Å². The minimum absolute atomic E-state index is 0.208. The minimum atomic E-state index is -0.928. The number of rotatable bonds is 5. The largest absolute Gasteiger partial charge is 0.464 e. The fraction of sp³-hybridized carbons (Fsp3) is 0.400. The van der Waals surface area contributed by atoms with Crippen molar-refractivity contribution in [3.05, 3.63) is 17.7 Å². The summed E-state index contributed by atoms with van der Waals surface area (Å²) in [6, 6.07) is -0.203. The van der Waals surface area contributed by atoms with E-state index >= 15 is 0 Å². The third-order valence-corrected chi connectivity index (χ3v) is 2.06. The van der Waals surface area contributed by atoms with Crippen molar-refractivity contribution in [2.75, 3.05) is 17.3 Å². The second-order valence-electron chi connectivity index (χ2n) is 3.41. The maximum absolute atomic E-state index is 13.4. The molecule has 0 spiro atoms. The van der Waals surface area contributed by atoms with Crippen LogP contribution in [-0.4, -0.2) is 23.6 Å². The fourth-order valence-corrected chi connectivity index (χ4v) is 1.20. The van der Waals surface area contributed by atoms with E-state index < -0.39 is 23.6 Å². The van der Waals surface area contributed by atoms with Crippen LogP contribution in [0.15, 0.2) is 6.07 Å². The van der Waals surface area contributed by atoms with Crippen molar-refractivity contribution in [3.8, 4) is 0 Å². The van der Waals surface area contributed by atoms with Gasteiger partial charge in [-0.3, -0.25) is 0 Å². The molecule has 0 saturated carbocycles. The number of carbonyl (C=O) groups excluding carboxylic acids is 1. The molecule has 1 unspecified atom stereocenters. The van der Waals surface area contributed by atoms with E-state index in [9.17, 15) is 13.6 Å². The first kappa shape index (κ1) is 14.1. The Balaban J connectivity index is 2.87. The molecule has 0 amide bonds. The molecule has 0 aliphatic rings. The molecule has 0 fully saturated rings. The summed E-state index contributed by atoms with van der Waals surface area (Å²) < 4.78 is 31.2. The predicted octanol–water partition coefficient (Wildman–Crippen LogP) is 1.01. The number of hydrazine groups is 1. The molecule has 0 aliphatic carbocycles. The smallest absolute Gasteiger partial charge is 0.328 e. The number of hydrogen-bond acceptors (Lipinski definition) is 6. The van der Waals surface area contributed by atoms with E-state index in [0.29, 0.717) is 6.07 Å². The maximum Gasteiger partial charge on any atom is 0.328 e. The summed E-state index contributed by atoms with van der Waals surface area (Å²) in [4.78, 5) is 14.9. The second-order valence-corrected chi connectivity index (χ2v) is 3.41. The van der Waals surface area contributed by atoms with Gasteiger partial charge in [0.15, 0.2) is 23.3 Å². The highest BCUT2D eigenvalue weighted by Crippen LogP contribution is 2.18. The molecule has 8 heteroatoms. The van der Waals surface area contributed by atoms with E-state index in [2.05, 4.69) is 10.3 Å². The minimum Gasteiger partial charge on any atom is -0.464 e. The van der Waals surface area contributed by atoms with E-state index in [-0.39, 0.29) is 18.2 Å². The van der Waals surface area contributed by atoms with Gasteiger partial charge in [0.05, 0.1) is 6.61 Å². The van der Waals surface area contributed by atoms with Crippen LogP contribution >= 0.6 is 0 Å². The molecule has 1 atom stereocenters. The number of nitrogens with two attached hydrogens (primary N) is 1. The van der Waals surface area contributed by atoms with Crippen molar-refractivity contribution < 1.29 is 18.3 Å². The Hall–Kier alpha value is -1.96. The van der Waals surface area contributed by atoms with Crippen molar-refractivity contribution in [1.82, 2.24) is 4.98 Å². The average molecular weight is 260 g/mol. The van der Waals surface area contributed by atoms with Gasteiger partial charge >= 0.3 is 5.97 Å². The van der Waals surface area contributed by atoms with Crippen LogP contribution in [0.25, 0.3) is 0 Å². The molecule has 100 valence electrons. The van der Waals surface area contributed by atoms with Gasteiger partial charge in [-0.15, -0.1) is 0 Å². The SMILES string of the molecule is CCOC(=O)C(C)Nc1nc(NN)c(F)cc1F. The van der Waals surface area contributed by atoms with Crippen LogP contribution in [0.2, 0.25) is 0 Å². The lowest BCUT2D eigenvalue weighted by Gasteiger charge is -2.14. The molecule has 0 aromatic carbocycles. The number of ether oxygens (including phenoxy) is 1. The number of nitrogens with zero attached hydrogens (tertiary/aromatic N) is 1. The maximum atomic E-state index is 13.4. The summed E-state index contributed by atoms with van der Waals surface area (Å²) in [6.45, 7) is 3.33. The van der Waals surface area contributed by atoms with Crippen LogP contribution in [-0.2, 0) is 9.53 Å². The molecule has 0 aliphatic heterocycles. The number of pyridine rings is 1. The lowest BCUT2D eigenvalue weighted by Crippen LogP contribution is -2.29. The zero-order valence-electron chi connectivity index (χ0n) is 9.96. The van der Waals surface area contributed by atoms with Gasteiger partial charge in [0.1, 0.15) is 6.04 Å². The van der Waals surface area contributed by atoms with Gasteiger partial charge in [0, 0.05) is 6.07 Å². The van der Waals surface area contributed by atoms with Crippen LogP contribution in [0.5, 0.6) is 0 Å². The summed E-state index contributed by atoms with van der Waals surface area (Å²) in [5.74, 6) is 1.98. The van der Waals surface area contributed by atoms with Gasteiger partial charge in [0.25, 0.3) is 0 Å². The zero-order valence-corrected chi connectivity index (χ0v) is 9.96. The zero-order chi connectivity index (χ0) is 13.7. The molecule has 0 saturated heterocycles. The quantitative estimate of drug-likeness (QED) is 0.416. The number of halogens is 2. The summed E-state index contributed by atoms with van der Waals surface area (Å²) >= 11 is 0. The fourth-order valence-electron chi connectivity index (χ4n) is 1.20. The Bertz CT molecular complexity index is 442. The van der Waals surface area contributed by atoms with Crippen molar-refractivity contribution in [2.45, 2.75) is 19.9 Å². The van der Waals surface area contributed by atoms with Crippen LogP contribution < -0.4 is 16.6 Å². The van der Waals surface area contributed by atoms with E-state index in [0.717, 1.165) is 0 Å². The number of hydrogen-bond donors (Lipinski definition) is 3. The third-order valence-electron chi connectivity index (χ3n) is 2.06. The molecule has 0 bridgehead atoms.